The van der Waals surface area contributed by atoms with Crippen molar-refractivity contribution >= 4 is 30.7 Å². The summed E-state index contributed by atoms with van der Waals surface area (Å²) < 4.78 is 27.9. The van der Waals surface area contributed by atoms with E-state index in [9.17, 15) is 13.6 Å². The minimum atomic E-state index is -0.587. The number of amides is 1. The maximum atomic E-state index is 14.5. The molecule has 1 amide bonds. The van der Waals surface area contributed by atoms with Gasteiger partial charge in [-0.3, -0.25) is 9.69 Å². The van der Waals surface area contributed by atoms with E-state index in [0.29, 0.717) is 25.2 Å². The Morgan fingerprint density at radius 1 is 1.18 bits per heavy atom. The van der Waals surface area contributed by atoms with Gasteiger partial charge in [0.15, 0.2) is 0 Å². The van der Waals surface area contributed by atoms with E-state index in [1.807, 2.05) is 11.8 Å². The molecule has 0 saturated carbocycles. The van der Waals surface area contributed by atoms with Gasteiger partial charge in [0.25, 0.3) is 0 Å². The van der Waals surface area contributed by atoms with Crippen molar-refractivity contribution in [2.75, 3.05) is 32.7 Å². The van der Waals surface area contributed by atoms with Crippen molar-refractivity contribution in [3.8, 4) is 0 Å². The lowest BCUT2D eigenvalue weighted by Crippen LogP contribution is -2.54. The Morgan fingerprint density at radius 2 is 1.86 bits per heavy atom. The van der Waals surface area contributed by atoms with Crippen molar-refractivity contribution in [1.29, 1.82) is 0 Å². The molecule has 0 aromatic heterocycles. The van der Waals surface area contributed by atoms with E-state index in [1.165, 1.54) is 12.1 Å². The normalized spacial score (nSPS) is 25.8. The van der Waals surface area contributed by atoms with Crippen LogP contribution in [-0.4, -0.2) is 60.0 Å². The highest BCUT2D eigenvalue weighted by Gasteiger charge is 2.45. The van der Waals surface area contributed by atoms with Gasteiger partial charge in [0, 0.05) is 56.3 Å². The minimum absolute atomic E-state index is 0. The zero-order valence-electron chi connectivity index (χ0n) is 16.9. The van der Waals surface area contributed by atoms with Crippen LogP contribution in [0.2, 0.25) is 0 Å². The van der Waals surface area contributed by atoms with Crippen molar-refractivity contribution in [2.45, 2.75) is 45.2 Å². The van der Waals surface area contributed by atoms with Gasteiger partial charge in [0.05, 0.1) is 5.92 Å². The van der Waals surface area contributed by atoms with Gasteiger partial charge in [0.1, 0.15) is 11.6 Å². The Labute approximate surface area is 178 Å². The molecule has 28 heavy (non-hydrogen) atoms. The SMILES string of the molecule is C[C@H]1CNCCN1C(=O)[C@@H]1CN(C(C)(C)C)C[C@H]1c1ccc(F)cc1F.Cl.Cl. The summed E-state index contributed by atoms with van der Waals surface area (Å²) in [5.74, 6) is -1.63. The van der Waals surface area contributed by atoms with E-state index in [0.717, 1.165) is 19.2 Å². The molecule has 2 aliphatic rings. The van der Waals surface area contributed by atoms with Crippen molar-refractivity contribution in [3.05, 3.63) is 35.4 Å². The highest BCUT2D eigenvalue weighted by atomic mass is 35.5. The fourth-order valence-electron chi connectivity index (χ4n) is 4.10. The topological polar surface area (TPSA) is 35.6 Å². The molecule has 2 aliphatic heterocycles. The van der Waals surface area contributed by atoms with E-state index in [-0.39, 0.29) is 54.1 Å². The molecule has 160 valence electrons. The molecule has 2 heterocycles. The zero-order valence-corrected chi connectivity index (χ0v) is 18.5. The van der Waals surface area contributed by atoms with Crippen LogP contribution in [0.25, 0.3) is 0 Å². The van der Waals surface area contributed by atoms with Crippen LogP contribution in [-0.2, 0) is 4.79 Å². The summed E-state index contributed by atoms with van der Waals surface area (Å²) in [6, 6.07) is 3.83. The molecule has 0 bridgehead atoms. The number of halogens is 4. The zero-order chi connectivity index (χ0) is 19.1. The first-order chi connectivity index (χ1) is 12.2. The van der Waals surface area contributed by atoms with Gasteiger partial charge in [-0.25, -0.2) is 8.78 Å². The second kappa shape index (κ2) is 9.70. The first kappa shape index (κ1) is 25.1. The molecule has 3 rings (SSSR count). The number of benzene rings is 1. The molecule has 1 N–H and O–H groups in total. The Balaban J connectivity index is 0.00000196. The van der Waals surface area contributed by atoms with E-state index >= 15 is 0 Å². The van der Waals surface area contributed by atoms with Crippen LogP contribution in [0.5, 0.6) is 0 Å². The van der Waals surface area contributed by atoms with E-state index < -0.39 is 11.6 Å². The Bertz CT molecular complexity index is 684. The van der Waals surface area contributed by atoms with Gasteiger partial charge in [-0.15, -0.1) is 24.8 Å². The van der Waals surface area contributed by atoms with Crippen molar-refractivity contribution in [3.63, 3.8) is 0 Å². The van der Waals surface area contributed by atoms with Crippen LogP contribution in [0.3, 0.4) is 0 Å². The first-order valence-corrected chi connectivity index (χ1v) is 9.39. The highest BCUT2D eigenvalue weighted by molar-refractivity contribution is 5.85. The van der Waals surface area contributed by atoms with Crippen LogP contribution in [0.1, 0.15) is 39.2 Å². The molecule has 8 heteroatoms. The number of carbonyl (C=O) groups excluding carboxylic acids is 1. The lowest BCUT2D eigenvalue weighted by Gasteiger charge is -2.37. The summed E-state index contributed by atoms with van der Waals surface area (Å²) in [7, 11) is 0. The fourth-order valence-corrected chi connectivity index (χ4v) is 4.10. The third kappa shape index (κ3) is 5.15. The van der Waals surface area contributed by atoms with Crippen molar-refractivity contribution in [2.24, 2.45) is 5.92 Å². The van der Waals surface area contributed by atoms with Crippen molar-refractivity contribution < 1.29 is 13.6 Å². The number of nitrogens with zero attached hydrogens (tertiary/aromatic N) is 2. The average Bonchev–Trinajstić information content (AvgIpc) is 3.00. The van der Waals surface area contributed by atoms with E-state index in [4.69, 9.17) is 0 Å². The molecule has 1 aromatic carbocycles. The third-order valence-corrected chi connectivity index (χ3v) is 5.73. The highest BCUT2D eigenvalue weighted by Crippen LogP contribution is 2.38. The van der Waals surface area contributed by atoms with Crippen LogP contribution < -0.4 is 5.32 Å². The molecule has 0 spiro atoms. The largest absolute Gasteiger partial charge is 0.337 e. The number of piperazine rings is 1. The van der Waals surface area contributed by atoms with Gasteiger partial charge in [0.2, 0.25) is 5.91 Å². The predicted molar refractivity (Wildman–Crippen MR) is 112 cm³/mol. The monoisotopic (exact) mass is 437 g/mol. The Morgan fingerprint density at radius 3 is 2.43 bits per heavy atom. The standard InChI is InChI=1S/C20H29F2N3O.2ClH/c1-13-10-23-7-8-25(13)19(26)17-12-24(20(2,3)4)11-16(17)15-6-5-14(21)9-18(15)22;;/h5-6,9,13,16-17,23H,7-8,10-12H2,1-4H3;2*1H/t13-,16-,17+;;/m0../s1. The van der Waals surface area contributed by atoms with E-state index in [1.54, 1.807) is 0 Å². The maximum absolute atomic E-state index is 14.5. The number of hydrogen-bond donors (Lipinski definition) is 1. The number of nitrogens with one attached hydrogen (secondary N) is 1. The molecule has 0 radical (unpaired) electrons. The quantitative estimate of drug-likeness (QED) is 0.769. The average molecular weight is 438 g/mol. The van der Waals surface area contributed by atoms with Gasteiger partial charge in [-0.1, -0.05) is 6.07 Å². The molecule has 3 atom stereocenters. The maximum Gasteiger partial charge on any atom is 0.227 e. The van der Waals surface area contributed by atoms with Crippen LogP contribution in [0.15, 0.2) is 18.2 Å². The Hall–Kier alpha value is -0.950. The van der Waals surface area contributed by atoms with Crippen molar-refractivity contribution in [1.82, 2.24) is 15.1 Å². The lowest BCUT2D eigenvalue weighted by atomic mass is 9.87. The molecule has 0 unspecified atom stereocenters. The molecule has 2 fully saturated rings. The summed E-state index contributed by atoms with van der Waals surface area (Å²) in [5.41, 5.74) is 0.332. The first-order valence-electron chi connectivity index (χ1n) is 9.39. The summed E-state index contributed by atoms with van der Waals surface area (Å²) in [4.78, 5) is 17.5. The smallest absolute Gasteiger partial charge is 0.227 e. The van der Waals surface area contributed by atoms with Gasteiger partial charge < -0.3 is 10.2 Å². The van der Waals surface area contributed by atoms with Crippen LogP contribution in [0.4, 0.5) is 8.78 Å². The third-order valence-electron chi connectivity index (χ3n) is 5.73. The number of hydrogen-bond acceptors (Lipinski definition) is 3. The molecule has 2 saturated heterocycles. The lowest BCUT2D eigenvalue weighted by molar-refractivity contribution is -0.138. The fraction of sp³-hybridized carbons (Fsp3) is 0.650. The molecular weight excluding hydrogens is 407 g/mol. The van der Waals surface area contributed by atoms with E-state index in [2.05, 4.69) is 31.0 Å². The molecule has 4 nitrogen and oxygen atoms in total. The summed E-state index contributed by atoms with van der Waals surface area (Å²) in [6.45, 7) is 11.8. The second-order valence-corrected chi connectivity index (χ2v) is 8.54. The minimum Gasteiger partial charge on any atom is -0.337 e. The number of carbonyl (C=O) groups is 1. The second-order valence-electron chi connectivity index (χ2n) is 8.54. The van der Waals surface area contributed by atoms with Crippen LogP contribution in [0, 0.1) is 17.6 Å². The van der Waals surface area contributed by atoms with Gasteiger partial charge >= 0.3 is 0 Å². The predicted octanol–water partition coefficient (Wildman–Crippen LogP) is 3.44. The molecular formula is C20H31Cl2F2N3O. The molecule has 1 aromatic rings. The number of rotatable bonds is 2. The number of likely N-dealkylation sites (tertiary alicyclic amines) is 1. The summed E-state index contributed by atoms with van der Waals surface area (Å²) in [6.07, 6.45) is 0. The van der Waals surface area contributed by atoms with Crippen LogP contribution >= 0.6 is 24.8 Å². The van der Waals surface area contributed by atoms with Gasteiger partial charge in [-0.05, 0) is 39.3 Å². The summed E-state index contributed by atoms with van der Waals surface area (Å²) >= 11 is 0. The molecule has 0 aliphatic carbocycles. The summed E-state index contributed by atoms with van der Waals surface area (Å²) in [5, 5.41) is 3.30. The van der Waals surface area contributed by atoms with Gasteiger partial charge in [-0.2, -0.15) is 0 Å². The Kier molecular flexibility index (Phi) is 8.69.